The van der Waals surface area contributed by atoms with Crippen molar-refractivity contribution in [1.82, 2.24) is 14.9 Å². The Morgan fingerprint density at radius 3 is 2.30 bits per heavy atom. The predicted molar refractivity (Wildman–Crippen MR) is 170 cm³/mol. The minimum absolute atomic E-state index is 0.0149. The molecule has 0 spiro atoms. The number of rotatable bonds is 9. The molecule has 1 aliphatic rings. The first-order valence-corrected chi connectivity index (χ1v) is 14.3. The number of nitrogens with one attached hydrogen (secondary N) is 1. The van der Waals surface area contributed by atoms with Gasteiger partial charge < -0.3 is 9.64 Å². The van der Waals surface area contributed by atoms with Crippen LogP contribution >= 0.6 is 0 Å². The van der Waals surface area contributed by atoms with Gasteiger partial charge in [0.15, 0.2) is 0 Å². The van der Waals surface area contributed by atoms with Crippen molar-refractivity contribution in [2.45, 2.75) is 19.3 Å². The largest absolute Gasteiger partial charge is 0.445 e. The van der Waals surface area contributed by atoms with Gasteiger partial charge in [0.25, 0.3) is 17.3 Å². The zero-order valence-electron chi connectivity index (χ0n) is 24.5. The third-order valence-corrected chi connectivity index (χ3v) is 7.32. The minimum atomic E-state index is -1.38. The number of hydrogen-bond acceptors (Lipinski definition) is 9. The summed E-state index contributed by atoms with van der Waals surface area (Å²) in [6, 6.07) is 28.7. The van der Waals surface area contributed by atoms with Crippen molar-refractivity contribution in [2.75, 3.05) is 4.90 Å². The van der Waals surface area contributed by atoms with E-state index in [1.165, 1.54) is 28.1 Å². The summed E-state index contributed by atoms with van der Waals surface area (Å²) in [6.07, 6.45) is 0.591. The van der Waals surface area contributed by atoms with Crippen molar-refractivity contribution in [3.8, 4) is 5.69 Å². The number of benzodiazepines with no additional fused rings is 1. The highest BCUT2D eigenvalue weighted by molar-refractivity contribution is 6.20. The van der Waals surface area contributed by atoms with Crippen molar-refractivity contribution in [3.63, 3.8) is 0 Å². The molecule has 0 aliphatic carbocycles. The Kier molecular flexibility index (Phi) is 8.46. The lowest BCUT2D eigenvalue weighted by Gasteiger charge is -2.24. The molecule has 5 aromatic rings. The number of nitro groups is 2. The van der Waals surface area contributed by atoms with E-state index in [-0.39, 0.29) is 18.8 Å². The van der Waals surface area contributed by atoms with Crippen LogP contribution in [0, 0.1) is 20.2 Å². The van der Waals surface area contributed by atoms with Crippen LogP contribution in [0.2, 0.25) is 0 Å². The van der Waals surface area contributed by atoms with Crippen LogP contribution in [0.3, 0.4) is 0 Å². The van der Waals surface area contributed by atoms with Crippen molar-refractivity contribution >= 4 is 34.8 Å². The molecule has 14 heteroatoms. The molecule has 2 heterocycles. The van der Waals surface area contributed by atoms with Gasteiger partial charge in [-0.15, -0.1) is 0 Å². The van der Waals surface area contributed by atoms with E-state index in [0.717, 1.165) is 17.7 Å². The van der Waals surface area contributed by atoms with Crippen molar-refractivity contribution in [2.24, 2.45) is 4.99 Å². The smallest absolute Gasteiger partial charge is 0.409 e. The highest BCUT2D eigenvalue weighted by atomic mass is 16.6. The average molecular weight is 632 g/mol. The quantitative estimate of drug-likeness (QED) is 0.168. The molecule has 4 aromatic carbocycles. The first kappa shape index (κ1) is 30.3. The molecule has 1 unspecified atom stereocenters. The number of alkyl carbamates (subject to hydrolysis) is 1. The zero-order chi connectivity index (χ0) is 32.9. The number of aliphatic imine (C=N–C) groups is 1. The number of para-hydroxylation sites is 1. The van der Waals surface area contributed by atoms with Crippen LogP contribution in [-0.2, 0) is 22.7 Å². The minimum Gasteiger partial charge on any atom is -0.445 e. The lowest BCUT2D eigenvalue weighted by atomic mass is 10.0. The molecule has 1 atom stereocenters. The summed E-state index contributed by atoms with van der Waals surface area (Å²) in [5, 5.41) is 25.5. The lowest BCUT2D eigenvalue weighted by molar-refractivity contribution is -0.394. The molecule has 47 heavy (non-hydrogen) atoms. The van der Waals surface area contributed by atoms with E-state index in [4.69, 9.17) is 9.73 Å². The summed E-state index contributed by atoms with van der Waals surface area (Å²) < 4.78 is 6.75. The fourth-order valence-corrected chi connectivity index (χ4v) is 5.12. The zero-order valence-corrected chi connectivity index (χ0v) is 24.5. The van der Waals surface area contributed by atoms with Gasteiger partial charge in [0.05, 0.1) is 45.9 Å². The molecule has 0 bridgehead atoms. The number of nitrogens with zero attached hydrogens (tertiary/aromatic N) is 6. The van der Waals surface area contributed by atoms with Crippen LogP contribution in [-0.4, -0.2) is 43.3 Å². The van der Waals surface area contributed by atoms with Crippen molar-refractivity contribution < 1.29 is 24.2 Å². The van der Waals surface area contributed by atoms with Crippen LogP contribution in [0.15, 0.2) is 121 Å². The van der Waals surface area contributed by atoms with Gasteiger partial charge in [0, 0.05) is 23.4 Å². The number of hydrogen-bond donors (Lipinski definition) is 1. The summed E-state index contributed by atoms with van der Waals surface area (Å²) >= 11 is 0. The first-order chi connectivity index (χ1) is 22.8. The van der Waals surface area contributed by atoms with Gasteiger partial charge >= 0.3 is 6.09 Å². The fraction of sp³-hybridized carbons (Fsp3) is 0.0909. The van der Waals surface area contributed by atoms with Gasteiger partial charge in [-0.25, -0.2) is 14.8 Å². The normalized spacial score (nSPS) is 14.0. The van der Waals surface area contributed by atoms with Crippen LogP contribution in [0.25, 0.3) is 5.69 Å². The van der Waals surface area contributed by atoms with Crippen LogP contribution < -0.4 is 10.2 Å². The van der Waals surface area contributed by atoms with Crippen molar-refractivity contribution in [1.29, 1.82) is 0 Å². The number of aromatic nitrogens is 2. The van der Waals surface area contributed by atoms with E-state index >= 15 is 0 Å². The monoisotopic (exact) mass is 631 g/mol. The van der Waals surface area contributed by atoms with Crippen LogP contribution in [0.4, 0.5) is 21.9 Å². The van der Waals surface area contributed by atoms with Crippen LogP contribution in [0.1, 0.15) is 22.4 Å². The Morgan fingerprint density at radius 2 is 1.57 bits per heavy atom. The molecule has 0 fully saturated rings. The van der Waals surface area contributed by atoms with E-state index < -0.39 is 39.4 Å². The standard InChI is InChI=1S/C33H25N7O7/c41-32-31(36-33(42)47-20-22-9-3-1-4-10-22)35-30(23-11-5-2-6-12-23)26-13-7-8-14-27(26)38(32)19-24-18-37(21-34-24)28-16-15-25(39(43)44)17-29(28)40(45)46/h1-18,21,31H,19-20H2,(H,36,42). The number of amides is 2. The number of imidazole rings is 1. The van der Waals surface area contributed by atoms with E-state index in [2.05, 4.69) is 10.3 Å². The molecular weight excluding hydrogens is 606 g/mol. The maximum Gasteiger partial charge on any atom is 0.409 e. The number of benzene rings is 4. The molecule has 1 N–H and O–H groups in total. The van der Waals surface area contributed by atoms with E-state index in [1.54, 1.807) is 24.3 Å². The highest BCUT2D eigenvalue weighted by Gasteiger charge is 2.34. The van der Waals surface area contributed by atoms with Gasteiger partial charge in [-0.05, 0) is 17.7 Å². The Hall–Kier alpha value is -6.70. The molecule has 234 valence electrons. The molecule has 6 rings (SSSR count). The van der Waals surface area contributed by atoms with Gasteiger partial charge in [-0.1, -0.05) is 78.9 Å². The van der Waals surface area contributed by atoms with Crippen molar-refractivity contribution in [3.05, 3.63) is 158 Å². The van der Waals surface area contributed by atoms with E-state index in [0.29, 0.717) is 28.2 Å². The van der Waals surface area contributed by atoms with Crippen LogP contribution in [0.5, 0.6) is 0 Å². The second-order valence-corrected chi connectivity index (χ2v) is 10.4. The molecule has 0 saturated carbocycles. The molecule has 1 aliphatic heterocycles. The fourth-order valence-electron chi connectivity index (χ4n) is 5.12. The molecule has 0 radical (unpaired) electrons. The maximum absolute atomic E-state index is 14.2. The summed E-state index contributed by atoms with van der Waals surface area (Å²) in [5.41, 5.74) is 2.55. The lowest BCUT2D eigenvalue weighted by Crippen LogP contribution is -2.47. The second-order valence-electron chi connectivity index (χ2n) is 10.4. The Labute approximate surface area is 266 Å². The highest BCUT2D eigenvalue weighted by Crippen LogP contribution is 2.31. The summed E-state index contributed by atoms with van der Waals surface area (Å²) in [7, 11) is 0. The molecule has 14 nitrogen and oxygen atoms in total. The number of anilines is 1. The number of non-ortho nitro benzene ring substituents is 1. The van der Waals surface area contributed by atoms with Gasteiger partial charge in [0.2, 0.25) is 6.17 Å². The Morgan fingerprint density at radius 1 is 0.872 bits per heavy atom. The second kappa shape index (κ2) is 13.1. The Bertz CT molecular complexity index is 2010. The van der Waals surface area contributed by atoms with Gasteiger partial charge in [-0.2, -0.15) is 0 Å². The average Bonchev–Trinajstić information content (AvgIpc) is 3.53. The number of carbonyl (C=O) groups excluding carboxylic acids is 2. The Balaban J connectivity index is 1.34. The number of nitro benzene ring substituents is 2. The molecule has 2 amide bonds. The predicted octanol–water partition coefficient (Wildman–Crippen LogP) is 5.33. The van der Waals surface area contributed by atoms with Gasteiger partial charge in [0.1, 0.15) is 12.3 Å². The third-order valence-electron chi connectivity index (χ3n) is 7.32. The third kappa shape index (κ3) is 6.56. The number of fused-ring (bicyclic) bond motifs is 1. The molecular formula is C33H25N7O7. The van der Waals surface area contributed by atoms with E-state index in [9.17, 15) is 29.8 Å². The first-order valence-electron chi connectivity index (χ1n) is 14.3. The molecule has 1 aromatic heterocycles. The number of carbonyl (C=O) groups is 2. The topological polar surface area (TPSA) is 175 Å². The summed E-state index contributed by atoms with van der Waals surface area (Å²) in [6.45, 7) is -0.114. The summed E-state index contributed by atoms with van der Waals surface area (Å²) in [5.74, 6) is -0.573. The number of ether oxygens (including phenoxy) is 1. The SMILES string of the molecule is O=C(NC1N=C(c2ccccc2)c2ccccc2N(Cc2cn(-c3ccc([N+](=O)[O-])cc3[N+](=O)[O-])cn2)C1=O)OCc1ccccc1. The molecule has 0 saturated heterocycles. The summed E-state index contributed by atoms with van der Waals surface area (Å²) in [4.78, 5) is 59.2. The van der Waals surface area contributed by atoms with Gasteiger partial charge in [-0.3, -0.25) is 34.9 Å². The van der Waals surface area contributed by atoms with E-state index in [1.807, 2.05) is 60.7 Å². The maximum atomic E-state index is 14.2.